The number of halogens is 3. The molecule has 0 aromatic heterocycles. The summed E-state index contributed by atoms with van der Waals surface area (Å²) in [6, 6.07) is 10.3. The van der Waals surface area contributed by atoms with Crippen LogP contribution in [0.4, 0.5) is 0 Å². The van der Waals surface area contributed by atoms with Crippen molar-refractivity contribution in [3.05, 3.63) is 35.9 Å². The van der Waals surface area contributed by atoms with Crippen molar-refractivity contribution in [2.45, 2.75) is 113 Å². The number of amides is 1. The molecule has 1 aromatic rings. The molecule has 1 spiro atoms. The van der Waals surface area contributed by atoms with Crippen molar-refractivity contribution in [3.8, 4) is 0 Å². The molecule has 4 rings (SSSR count). The van der Waals surface area contributed by atoms with Crippen molar-refractivity contribution >= 4 is 46.4 Å². The molecule has 1 saturated heterocycles. The number of rotatable bonds is 5. The SMILES string of the molecule is CC1(C)CCCC(C)(C)N1OCC1CC2(CCCCCC2)C(c2ccccc2)=[N+]1NC(=O)C(Cl)(Cl)Cl. The third kappa shape index (κ3) is 5.91. The zero-order valence-electron chi connectivity index (χ0n) is 22.1. The molecule has 8 heteroatoms. The maximum Gasteiger partial charge on any atom is 0.325 e. The summed E-state index contributed by atoms with van der Waals surface area (Å²) in [5.74, 6) is -0.643. The van der Waals surface area contributed by atoms with Gasteiger partial charge in [0.2, 0.25) is 11.8 Å². The number of alkyl halides is 3. The largest absolute Gasteiger partial charge is 0.325 e. The number of carbonyl (C=O) groups excluding carboxylic acids is 1. The fourth-order valence-corrected chi connectivity index (χ4v) is 7.03. The summed E-state index contributed by atoms with van der Waals surface area (Å²) in [6.07, 6.45) is 11.2. The summed E-state index contributed by atoms with van der Waals surface area (Å²) in [5.41, 5.74) is 5.03. The van der Waals surface area contributed by atoms with Crippen LogP contribution in [0.1, 0.15) is 97.5 Å². The molecule has 36 heavy (non-hydrogen) atoms. The molecule has 1 unspecified atom stereocenters. The van der Waals surface area contributed by atoms with Crippen molar-refractivity contribution in [2.24, 2.45) is 5.41 Å². The number of hydrazone groups is 1. The van der Waals surface area contributed by atoms with Crippen molar-refractivity contribution in [1.82, 2.24) is 10.5 Å². The minimum Gasteiger partial charge on any atom is -0.291 e. The van der Waals surface area contributed by atoms with Gasteiger partial charge in [-0.2, -0.15) is 5.06 Å². The number of nitrogens with one attached hydrogen (secondary N) is 1. The number of piperidine rings is 1. The van der Waals surface area contributed by atoms with Gasteiger partial charge in [0.1, 0.15) is 6.61 Å². The van der Waals surface area contributed by atoms with E-state index >= 15 is 0 Å². The molecule has 1 saturated carbocycles. The van der Waals surface area contributed by atoms with Crippen molar-refractivity contribution < 1.29 is 14.3 Å². The molecule has 1 N–H and O–H groups in total. The zero-order valence-corrected chi connectivity index (χ0v) is 24.4. The van der Waals surface area contributed by atoms with Crippen LogP contribution in [0.15, 0.2) is 30.3 Å². The summed E-state index contributed by atoms with van der Waals surface area (Å²) in [4.78, 5) is 19.7. The first-order chi connectivity index (χ1) is 16.9. The first-order valence-electron chi connectivity index (χ1n) is 13.4. The second-order valence-corrected chi connectivity index (χ2v) is 14.4. The van der Waals surface area contributed by atoms with Gasteiger partial charge in [0.15, 0.2) is 0 Å². The van der Waals surface area contributed by atoms with E-state index in [1.807, 2.05) is 22.9 Å². The van der Waals surface area contributed by atoms with E-state index in [1.165, 1.54) is 32.1 Å². The Morgan fingerprint density at radius 2 is 1.56 bits per heavy atom. The lowest BCUT2D eigenvalue weighted by atomic mass is 9.72. The monoisotopic (exact) mass is 556 g/mol. The first-order valence-corrected chi connectivity index (χ1v) is 14.5. The second kappa shape index (κ2) is 10.7. The second-order valence-electron chi connectivity index (χ2n) is 12.1. The van der Waals surface area contributed by atoms with Gasteiger partial charge in [-0.1, -0.05) is 78.7 Å². The van der Waals surface area contributed by atoms with Gasteiger partial charge in [0, 0.05) is 23.1 Å². The van der Waals surface area contributed by atoms with E-state index < -0.39 is 9.70 Å². The van der Waals surface area contributed by atoms with E-state index in [1.54, 1.807) is 0 Å². The minimum absolute atomic E-state index is 0.0559. The highest BCUT2D eigenvalue weighted by Gasteiger charge is 2.55. The average Bonchev–Trinajstić information content (AvgIpc) is 2.91. The Bertz CT molecular complexity index is 948. The van der Waals surface area contributed by atoms with Crippen LogP contribution in [-0.4, -0.2) is 48.9 Å². The third-order valence-corrected chi connectivity index (χ3v) is 8.91. The Balaban J connectivity index is 1.74. The van der Waals surface area contributed by atoms with Crippen LogP contribution in [0.5, 0.6) is 0 Å². The third-order valence-electron chi connectivity index (χ3n) is 8.39. The van der Waals surface area contributed by atoms with Crippen molar-refractivity contribution in [3.63, 3.8) is 0 Å². The van der Waals surface area contributed by atoms with Gasteiger partial charge in [-0.05, 0) is 71.9 Å². The van der Waals surface area contributed by atoms with E-state index in [-0.39, 0.29) is 22.5 Å². The molecule has 1 atom stereocenters. The normalized spacial score (nSPS) is 26.1. The van der Waals surface area contributed by atoms with Crippen LogP contribution in [0.25, 0.3) is 0 Å². The van der Waals surface area contributed by atoms with Gasteiger partial charge < -0.3 is 0 Å². The lowest BCUT2D eigenvalue weighted by Crippen LogP contribution is -2.59. The predicted molar refractivity (Wildman–Crippen MR) is 148 cm³/mol. The number of nitrogens with zero attached hydrogens (tertiary/aromatic N) is 2. The molecule has 200 valence electrons. The Labute approximate surface area is 231 Å². The summed E-state index contributed by atoms with van der Waals surface area (Å²) < 4.78 is -0.0713. The van der Waals surface area contributed by atoms with Gasteiger partial charge in [-0.25, -0.2) is 0 Å². The number of benzene rings is 1. The first kappa shape index (κ1) is 28.2. The van der Waals surface area contributed by atoms with Crippen molar-refractivity contribution in [2.75, 3.05) is 6.61 Å². The molecular formula is C28H41Cl3N3O2+. The van der Waals surface area contributed by atoms with Gasteiger partial charge in [0.25, 0.3) is 3.79 Å². The lowest BCUT2D eigenvalue weighted by molar-refractivity contribution is -0.608. The van der Waals surface area contributed by atoms with Gasteiger partial charge in [0.05, 0.1) is 5.41 Å². The van der Waals surface area contributed by atoms with Crippen molar-refractivity contribution in [1.29, 1.82) is 0 Å². The standard InChI is InChI=1S/C28H40Cl3N3O2/c1-25(2)15-12-16-26(3,4)34(25)36-20-22-19-27(17-10-5-6-11-18-27)23(21-13-8-7-9-14-21)33(22)32-24(35)28(29,30)31/h7-9,13-14,22H,5-6,10-12,15-20H2,1-4H3/p+1. The molecule has 1 aromatic carbocycles. The smallest absolute Gasteiger partial charge is 0.291 e. The quantitative estimate of drug-likeness (QED) is 0.314. The zero-order chi connectivity index (χ0) is 26.2. The van der Waals surface area contributed by atoms with E-state index in [2.05, 4.69) is 50.3 Å². The molecule has 2 fully saturated rings. The highest BCUT2D eigenvalue weighted by atomic mass is 35.6. The number of hydrazine groups is 1. The Kier molecular flexibility index (Phi) is 8.39. The highest BCUT2D eigenvalue weighted by molar-refractivity contribution is 6.76. The molecule has 0 bridgehead atoms. The highest BCUT2D eigenvalue weighted by Crippen LogP contribution is 2.47. The molecule has 5 nitrogen and oxygen atoms in total. The molecule has 1 amide bonds. The van der Waals surface area contributed by atoms with Crippen LogP contribution < -0.4 is 5.43 Å². The van der Waals surface area contributed by atoms with E-state index in [0.717, 1.165) is 43.4 Å². The van der Waals surface area contributed by atoms with Gasteiger partial charge >= 0.3 is 5.91 Å². The summed E-state index contributed by atoms with van der Waals surface area (Å²) in [6.45, 7) is 9.45. The molecular weight excluding hydrogens is 517 g/mol. The molecule has 3 aliphatic rings. The lowest BCUT2D eigenvalue weighted by Gasteiger charge is -2.51. The molecule has 2 aliphatic heterocycles. The van der Waals surface area contributed by atoms with Crippen LogP contribution in [0, 0.1) is 5.41 Å². The number of carbonyl (C=O) groups is 1. The maximum absolute atomic E-state index is 13.0. The Hall–Kier alpha value is -0.850. The maximum atomic E-state index is 13.0. The summed E-state index contributed by atoms with van der Waals surface area (Å²) in [7, 11) is 0. The Morgan fingerprint density at radius 3 is 2.11 bits per heavy atom. The summed E-state index contributed by atoms with van der Waals surface area (Å²) in [5, 5.41) is 2.19. The number of hydrogen-bond donors (Lipinski definition) is 1. The molecule has 1 aliphatic carbocycles. The average molecular weight is 558 g/mol. The van der Waals surface area contributed by atoms with Gasteiger partial charge in [-0.3, -0.25) is 9.63 Å². The van der Waals surface area contributed by atoms with Gasteiger partial charge in [-0.15, -0.1) is 10.1 Å². The summed E-state index contributed by atoms with van der Waals surface area (Å²) >= 11 is 18.1. The van der Waals surface area contributed by atoms with E-state index in [0.29, 0.717) is 6.61 Å². The van der Waals surface area contributed by atoms with Crippen LogP contribution in [0.3, 0.4) is 0 Å². The fourth-order valence-electron chi connectivity index (χ4n) is 6.90. The van der Waals surface area contributed by atoms with Crippen LogP contribution >= 0.6 is 34.8 Å². The molecule has 2 heterocycles. The Morgan fingerprint density at radius 1 is 0.972 bits per heavy atom. The predicted octanol–water partition coefficient (Wildman–Crippen LogP) is 6.98. The number of hydroxylamine groups is 2. The number of hydrogen-bond acceptors (Lipinski definition) is 3. The van der Waals surface area contributed by atoms with E-state index in [4.69, 9.17) is 39.6 Å². The molecule has 0 radical (unpaired) electrons. The van der Waals surface area contributed by atoms with Crippen LogP contribution in [0.2, 0.25) is 0 Å². The van der Waals surface area contributed by atoms with E-state index in [9.17, 15) is 4.79 Å². The topological polar surface area (TPSA) is 44.6 Å². The fraction of sp³-hybridized carbons (Fsp3) is 0.714. The van der Waals surface area contributed by atoms with Crippen LogP contribution in [-0.2, 0) is 9.63 Å². The minimum atomic E-state index is -2.05.